The van der Waals surface area contributed by atoms with Gasteiger partial charge in [0.05, 0.1) is 23.2 Å². The van der Waals surface area contributed by atoms with Gasteiger partial charge in [0.1, 0.15) is 0 Å². The lowest BCUT2D eigenvalue weighted by atomic mass is 10.1. The molecule has 0 saturated carbocycles. The Morgan fingerprint density at radius 1 is 1.04 bits per heavy atom. The number of amides is 1. The van der Waals surface area contributed by atoms with E-state index in [9.17, 15) is 24.5 Å². The van der Waals surface area contributed by atoms with Crippen molar-refractivity contribution >= 4 is 29.2 Å². The molecular weight excluding hydrogens is 356 g/mol. The lowest BCUT2D eigenvalue weighted by molar-refractivity contribution is -0.384. The maximum absolute atomic E-state index is 12.3. The standard InChI is InChI=1S/C18H16N2O7/c1-11(16(21)19-14-6-4-3-5-7-14)27-18(23)13-8-12(17(22)26-2)9-15(10-13)20(24)25/h3-11H,1-2H3,(H,19,21)/t11-/m1/s1. The summed E-state index contributed by atoms with van der Waals surface area (Å²) in [6.07, 6.45) is -1.17. The number of non-ortho nitro benzene ring substituents is 1. The first kappa shape index (κ1) is 19.6. The molecule has 1 N–H and O–H groups in total. The van der Waals surface area contributed by atoms with Crippen LogP contribution in [-0.4, -0.2) is 36.0 Å². The molecular formula is C18H16N2O7. The van der Waals surface area contributed by atoms with E-state index in [0.29, 0.717) is 5.69 Å². The zero-order valence-electron chi connectivity index (χ0n) is 14.5. The van der Waals surface area contributed by atoms with Crippen LogP contribution in [0.15, 0.2) is 48.5 Å². The minimum Gasteiger partial charge on any atom is -0.465 e. The van der Waals surface area contributed by atoms with Crippen molar-refractivity contribution in [1.29, 1.82) is 0 Å². The molecule has 9 heteroatoms. The van der Waals surface area contributed by atoms with Crippen molar-refractivity contribution < 1.29 is 28.8 Å². The number of ether oxygens (including phenoxy) is 2. The molecule has 0 aliphatic carbocycles. The van der Waals surface area contributed by atoms with Gasteiger partial charge in [0.25, 0.3) is 11.6 Å². The second-order valence-electron chi connectivity index (χ2n) is 5.42. The number of nitro benzene ring substituents is 1. The summed E-state index contributed by atoms with van der Waals surface area (Å²) in [5.41, 5.74) is -0.385. The molecule has 0 spiro atoms. The van der Waals surface area contributed by atoms with Crippen molar-refractivity contribution in [2.24, 2.45) is 0 Å². The van der Waals surface area contributed by atoms with Crippen LogP contribution >= 0.6 is 0 Å². The van der Waals surface area contributed by atoms with Crippen LogP contribution in [0.1, 0.15) is 27.6 Å². The molecule has 1 amide bonds. The Morgan fingerprint density at radius 3 is 2.19 bits per heavy atom. The predicted octanol–water partition coefficient (Wildman–Crippen LogP) is 2.57. The maximum atomic E-state index is 12.3. The highest BCUT2D eigenvalue weighted by atomic mass is 16.6. The van der Waals surface area contributed by atoms with Crippen LogP contribution < -0.4 is 5.32 Å². The molecule has 27 heavy (non-hydrogen) atoms. The summed E-state index contributed by atoms with van der Waals surface area (Å²) in [7, 11) is 1.11. The molecule has 0 bridgehead atoms. The molecule has 0 fully saturated rings. The van der Waals surface area contributed by atoms with E-state index in [4.69, 9.17) is 4.74 Å². The first-order chi connectivity index (χ1) is 12.8. The van der Waals surface area contributed by atoms with E-state index in [2.05, 4.69) is 10.1 Å². The van der Waals surface area contributed by atoms with E-state index >= 15 is 0 Å². The van der Waals surface area contributed by atoms with Gasteiger partial charge in [-0.1, -0.05) is 18.2 Å². The van der Waals surface area contributed by atoms with Crippen LogP contribution in [0.5, 0.6) is 0 Å². The first-order valence-corrected chi connectivity index (χ1v) is 7.76. The fraction of sp³-hybridized carbons (Fsp3) is 0.167. The third kappa shape index (κ3) is 5.11. The van der Waals surface area contributed by atoms with Gasteiger partial charge in [-0.3, -0.25) is 14.9 Å². The number of esters is 2. The molecule has 0 aliphatic rings. The fourth-order valence-electron chi connectivity index (χ4n) is 2.12. The number of nitrogens with one attached hydrogen (secondary N) is 1. The Kier molecular flexibility index (Phi) is 6.21. The molecule has 9 nitrogen and oxygen atoms in total. The van der Waals surface area contributed by atoms with E-state index in [1.165, 1.54) is 6.92 Å². The van der Waals surface area contributed by atoms with Crippen LogP contribution in [0.4, 0.5) is 11.4 Å². The predicted molar refractivity (Wildman–Crippen MR) is 94.4 cm³/mol. The molecule has 2 rings (SSSR count). The van der Waals surface area contributed by atoms with Crippen LogP contribution in [0.3, 0.4) is 0 Å². The first-order valence-electron chi connectivity index (χ1n) is 7.76. The molecule has 0 heterocycles. The van der Waals surface area contributed by atoms with Crippen LogP contribution in [-0.2, 0) is 14.3 Å². The van der Waals surface area contributed by atoms with Gasteiger partial charge in [0, 0.05) is 17.8 Å². The quantitative estimate of drug-likeness (QED) is 0.469. The number of para-hydroxylation sites is 1. The van der Waals surface area contributed by atoms with Gasteiger partial charge in [-0.2, -0.15) is 0 Å². The summed E-state index contributed by atoms with van der Waals surface area (Å²) in [6, 6.07) is 11.6. The third-order valence-corrected chi connectivity index (χ3v) is 3.48. The van der Waals surface area contributed by atoms with Crippen molar-refractivity contribution in [2.75, 3.05) is 12.4 Å². The second-order valence-corrected chi connectivity index (χ2v) is 5.42. The van der Waals surface area contributed by atoms with Crippen LogP contribution in [0, 0.1) is 10.1 Å². The smallest absolute Gasteiger partial charge is 0.339 e. The number of carbonyl (C=O) groups excluding carboxylic acids is 3. The zero-order valence-corrected chi connectivity index (χ0v) is 14.5. The normalized spacial score (nSPS) is 11.2. The Bertz CT molecular complexity index is 881. The minimum absolute atomic E-state index is 0.181. The molecule has 140 valence electrons. The van der Waals surface area contributed by atoms with Gasteiger partial charge in [-0.05, 0) is 25.1 Å². The summed E-state index contributed by atoms with van der Waals surface area (Å²) in [5.74, 6) is -2.41. The minimum atomic E-state index is -1.17. The van der Waals surface area contributed by atoms with Crippen molar-refractivity contribution in [3.05, 3.63) is 69.8 Å². The van der Waals surface area contributed by atoms with Gasteiger partial charge < -0.3 is 14.8 Å². The van der Waals surface area contributed by atoms with Gasteiger partial charge in [-0.15, -0.1) is 0 Å². The Labute approximate surface area is 154 Å². The monoisotopic (exact) mass is 372 g/mol. The topological polar surface area (TPSA) is 125 Å². The molecule has 0 radical (unpaired) electrons. The highest BCUT2D eigenvalue weighted by molar-refractivity contribution is 5.99. The highest BCUT2D eigenvalue weighted by Gasteiger charge is 2.23. The molecule has 0 unspecified atom stereocenters. The van der Waals surface area contributed by atoms with E-state index < -0.39 is 34.6 Å². The number of hydrogen-bond acceptors (Lipinski definition) is 7. The second kappa shape index (κ2) is 8.56. The summed E-state index contributed by atoms with van der Waals surface area (Å²) < 4.78 is 9.56. The van der Waals surface area contributed by atoms with Gasteiger partial charge in [0.15, 0.2) is 6.10 Å². The lowest BCUT2D eigenvalue weighted by Gasteiger charge is -2.14. The maximum Gasteiger partial charge on any atom is 0.339 e. The SMILES string of the molecule is COC(=O)c1cc(C(=O)O[C@H](C)C(=O)Nc2ccccc2)cc([N+](=O)[O-])c1. The molecule has 0 aromatic heterocycles. The number of rotatable bonds is 6. The molecule has 0 aliphatic heterocycles. The number of nitro groups is 1. The largest absolute Gasteiger partial charge is 0.465 e. The number of hydrogen-bond donors (Lipinski definition) is 1. The van der Waals surface area contributed by atoms with Crippen molar-refractivity contribution in [2.45, 2.75) is 13.0 Å². The number of anilines is 1. The summed E-state index contributed by atoms with van der Waals surface area (Å²) in [5, 5.41) is 13.6. The van der Waals surface area contributed by atoms with E-state index in [1.54, 1.807) is 30.3 Å². The molecule has 2 aromatic carbocycles. The average molecular weight is 372 g/mol. The van der Waals surface area contributed by atoms with Crippen molar-refractivity contribution in [1.82, 2.24) is 0 Å². The molecule has 1 atom stereocenters. The van der Waals surface area contributed by atoms with Gasteiger partial charge in [-0.25, -0.2) is 9.59 Å². The summed E-state index contributed by atoms with van der Waals surface area (Å²) in [4.78, 5) is 46.3. The van der Waals surface area contributed by atoms with Crippen molar-refractivity contribution in [3.8, 4) is 0 Å². The number of nitrogens with zero attached hydrogens (tertiary/aromatic N) is 1. The Balaban J connectivity index is 2.16. The van der Waals surface area contributed by atoms with E-state index in [0.717, 1.165) is 25.3 Å². The Morgan fingerprint density at radius 2 is 1.63 bits per heavy atom. The fourth-order valence-corrected chi connectivity index (χ4v) is 2.12. The van der Waals surface area contributed by atoms with E-state index in [-0.39, 0.29) is 11.1 Å². The highest BCUT2D eigenvalue weighted by Crippen LogP contribution is 2.19. The van der Waals surface area contributed by atoms with Gasteiger partial charge >= 0.3 is 11.9 Å². The molecule has 0 saturated heterocycles. The van der Waals surface area contributed by atoms with E-state index in [1.807, 2.05) is 0 Å². The molecule has 2 aromatic rings. The summed E-state index contributed by atoms with van der Waals surface area (Å²) in [6.45, 7) is 1.36. The number of benzene rings is 2. The lowest BCUT2D eigenvalue weighted by Crippen LogP contribution is -2.30. The zero-order chi connectivity index (χ0) is 20.0. The Hall–Kier alpha value is -3.75. The van der Waals surface area contributed by atoms with Gasteiger partial charge in [0.2, 0.25) is 0 Å². The summed E-state index contributed by atoms with van der Waals surface area (Å²) >= 11 is 0. The number of methoxy groups -OCH3 is 1. The van der Waals surface area contributed by atoms with Crippen LogP contribution in [0.2, 0.25) is 0 Å². The average Bonchev–Trinajstić information content (AvgIpc) is 2.67. The van der Waals surface area contributed by atoms with Crippen LogP contribution in [0.25, 0.3) is 0 Å². The number of carbonyl (C=O) groups is 3. The third-order valence-electron chi connectivity index (χ3n) is 3.48. The van der Waals surface area contributed by atoms with Crippen molar-refractivity contribution in [3.63, 3.8) is 0 Å².